The van der Waals surface area contributed by atoms with E-state index >= 15 is 0 Å². The van der Waals surface area contributed by atoms with E-state index in [4.69, 9.17) is 14.2 Å². The number of esters is 2. The van der Waals surface area contributed by atoms with E-state index < -0.39 is 6.10 Å². The molecule has 0 saturated carbocycles. The standard InChI is InChI=1S/C67H116O5/c1-4-7-10-13-16-19-22-25-28-31-33-35-38-41-44-47-50-53-56-59-62-70-63-65(72-67(69)61-58-55-52-49-46-43-40-36-30-27-24-21-18-15-12-9-6-3)64-71-66(68)60-57-54-51-48-45-42-39-37-34-32-29-26-23-20-17-14-11-8-5-2/h8,11,17,20,25-30,34,37,42,45,51,54,65H,4-7,9-10,12-16,18-19,21-24,31-33,35-36,38-41,43-44,46-50,52-53,55-64H2,1-3H3/b11-8-,20-17-,28-25-,29-26-,30-27-,37-34-,45-42-,54-51-. The van der Waals surface area contributed by atoms with E-state index in [2.05, 4.69) is 112 Å². The summed E-state index contributed by atoms with van der Waals surface area (Å²) in [6, 6.07) is 0. The molecule has 414 valence electrons. The summed E-state index contributed by atoms with van der Waals surface area (Å²) in [7, 11) is 0. The molecule has 0 saturated heterocycles. The highest BCUT2D eigenvalue weighted by Crippen LogP contribution is 2.15. The molecule has 0 aliphatic carbocycles. The zero-order chi connectivity index (χ0) is 52.0. The number of carbonyl (C=O) groups excluding carboxylic acids is 2. The summed E-state index contributed by atoms with van der Waals surface area (Å²) in [5.74, 6) is -0.494. The first-order valence-corrected chi connectivity index (χ1v) is 30.8. The first kappa shape index (κ1) is 68.8. The minimum absolute atomic E-state index is 0.0402. The van der Waals surface area contributed by atoms with Crippen LogP contribution in [0.1, 0.15) is 290 Å². The highest BCUT2D eigenvalue weighted by atomic mass is 16.6. The lowest BCUT2D eigenvalue weighted by molar-refractivity contribution is -0.162. The number of hydrogen-bond acceptors (Lipinski definition) is 5. The van der Waals surface area contributed by atoms with Crippen LogP contribution in [0, 0.1) is 0 Å². The molecule has 0 aliphatic heterocycles. The van der Waals surface area contributed by atoms with Crippen LogP contribution in [-0.2, 0) is 23.8 Å². The van der Waals surface area contributed by atoms with Gasteiger partial charge in [0.05, 0.1) is 6.61 Å². The largest absolute Gasteiger partial charge is 0.462 e. The Morgan fingerprint density at radius 3 is 1.06 bits per heavy atom. The van der Waals surface area contributed by atoms with Crippen LogP contribution >= 0.6 is 0 Å². The smallest absolute Gasteiger partial charge is 0.306 e. The molecule has 0 bridgehead atoms. The van der Waals surface area contributed by atoms with E-state index in [0.29, 0.717) is 25.9 Å². The maximum Gasteiger partial charge on any atom is 0.306 e. The van der Waals surface area contributed by atoms with Gasteiger partial charge in [0.2, 0.25) is 0 Å². The Hall–Kier alpha value is -3.18. The van der Waals surface area contributed by atoms with Gasteiger partial charge in [0, 0.05) is 19.4 Å². The minimum Gasteiger partial charge on any atom is -0.462 e. The van der Waals surface area contributed by atoms with Gasteiger partial charge in [0.15, 0.2) is 6.10 Å². The minimum atomic E-state index is -0.576. The van der Waals surface area contributed by atoms with E-state index in [1.165, 1.54) is 180 Å². The fourth-order valence-electron chi connectivity index (χ4n) is 8.53. The van der Waals surface area contributed by atoms with Gasteiger partial charge >= 0.3 is 11.9 Å². The number of carbonyl (C=O) groups is 2. The van der Waals surface area contributed by atoms with Crippen molar-refractivity contribution in [3.05, 3.63) is 97.2 Å². The highest BCUT2D eigenvalue weighted by Gasteiger charge is 2.17. The molecule has 72 heavy (non-hydrogen) atoms. The monoisotopic (exact) mass is 1000 g/mol. The van der Waals surface area contributed by atoms with Gasteiger partial charge in [-0.2, -0.15) is 0 Å². The predicted molar refractivity (Wildman–Crippen MR) is 316 cm³/mol. The fourth-order valence-corrected chi connectivity index (χ4v) is 8.53. The maximum atomic E-state index is 12.9. The third-order valence-corrected chi connectivity index (χ3v) is 13.1. The average Bonchev–Trinajstić information content (AvgIpc) is 3.38. The molecular formula is C67H116O5. The highest BCUT2D eigenvalue weighted by molar-refractivity contribution is 5.70. The van der Waals surface area contributed by atoms with Gasteiger partial charge in [-0.1, -0.05) is 266 Å². The van der Waals surface area contributed by atoms with Crippen molar-refractivity contribution in [3.8, 4) is 0 Å². The van der Waals surface area contributed by atoms with E-state index in [9.17, 15) is 9.59 Å². The quantitative estimate of drug-likeness (QED) is 0.0345. The summed E-state index contributed by atoms with van der Waals surface area (Å²) in [6.07, 6.45) is 84.5. The van der Waals surface area contributed by atoms with Gasteiger partial charge in [-0.3, -0.25) is 9.59 Å². The van der Waals surface area contributed by atoms with E-state index in [1.54, 1.807) is 0 Å². The van der Waals surface area contributed by atoms with Crippen LogP contribution in [0.4, 0.5) is 0 Å². The van der Waals surface area contributed by atoms with Gasteiger partial charge in [-0.15, -0.1) is 0 Å². The van der Waals surface area contributed by atoms with Crippen LogP contribution in [0.3, 0.4) is 0 Å². The molecule has 0 fully saturated rings. The normalized spacial score (nSPS) is 12.9. The van der Waals surface area contributed by atoms with Gasteiger partial charge in [0.1, 0.15) is 6.61 Å². The molecule has 0 heterocycles. The lowest BCUT2D eigenvalue weighted by Gasteiger charge is -2.18. The summed E-state index contributed by atoms with van der Waals surface area (Å²) < 4.78 is 17.4. The summed E-state index contributed by atoms with van der Waals surface area (Å²) >= 11 is 0. The number of rotatable bonds is 56. The van der Waals surface area contributed by atoms with Crippen LogP contribution in [0.5, 0.6) is 0 Å². The zero-order valence-corrected chi connectivity index (χ0v) is 47.7. The molecule has 0 rings (SSSR count). The van der Waals surface area contributed by atoms with Crippen molar-refractivity contribution in [3.63, 3.8) is 0 Å². The third-order valence-electron chi connectivity index (χ3n) is 13.1. The summed E-state index contributed by atoms with van der Waals surface area (Å²) in [6.45, 7) is 7.65. The Morgan fingerprint density at radius 2 is 0.653 bits per heavy atom. The first-order valence-electron chi connectivity index (χ1n) is 30.8. The van der Waals surface area contributed by atoms with E-state index in [-0.39, 0.29) is 25.2 Å². The van der Waals surface area contributed by atoms with Crippen LogP contribution in [-0.4, -0.2) is 37.9 Å². The van der Waals surface area contributed by atoms with Crippen molar-refractivity contribution in [1.29, 1.82) is 0 Å². The number of allylic oxidation sites excluding steroid dienone is 16. The average molecular weight is 1000 g/mol. The van der Waals surface area contributed by atoms with Gasteiger partial charge in [-0.25, -0.2) is 0 Å². The predicted octanol–water partition coefficient (Wildman–Crippen LogP) is 21.4. The topological polar surface area (TPSA) is 61.8 Å². The Bertz CT molecular complexity index is 1360. The Labute approximate surface area is 447 Å². The second-order valence-electron chi connectivity index (χ2n) is 20.2. The van der Waals surface area contributed by atoms with Crippen molar-refractivity contribution < 1.29 is 23.8 Å². The van der Waals surface area contributed by atoms with Gasteiger partial charge in [0.25, 0.3) is 0 Å². The molecule has 5 heteroatoms. The fraction of sp³-hybridized carbons (Fsp3) is 0.731. The first-order chi connectivity index (χ1) is 35.6. The van der Waals surface area contributed by atoms with E-state index in [0.717, 1.165) is 70.6 Å². The maximum absolute atomic E-state index is 12.9. The van der Waals surface area contributed by atoms with Crippen LogP contribution in [0.2, 0.25) is 0 Å². The number of hydrogen-bond donors (Lipinski definition) is 0. The van der Waals surface area contributed by atoms with Crippen molar-refractivity contribution in [1.82, 2.24) is 0 Å². The molecular weight excluding hydrogens is 885 g/mol. The van der Waals surface area contributed by atoms with Crippen LogP contribution in [0.25, 0.3) is 0 Å². The van der Waals surface area contributed by atoms with Crippen molar-refractivity contribution in [2.45, 2.75) is 297 Å². The van der Waals surface area contributed by atoms with Crippen molar-refractivity contribution in [2.75, 3.05) is 19.8 Å². The molecule has 0 radical (unpaired) electrons. The Balaban J connectivity index is 4.38. The Morgan fingerprint density at radius 1 is 0.319 bits per heavy atom. The summed E-state index contributed by atoms with van der Waals surface area (Å²) in [4.78, 5) is 25.5. The van der Waals surface area contributed by atoms with Crippen LogP contribution in [0.15, 0.2) is 97.2 Å². The molecule has 0 amide bonds. The number of ether oxygens (including phenoxy) is 3. The molecule has 1 atom stereocenters. The lowest BCUT2D eigenvalue weighted by Crippen LogP contribution is -2.30. The molecule has 5 nitrogen and oxygen atoms in total. The second-order valence-corrected chi connectivity index (χ2v) is 20.2. The second kappa shape index (κ2) is 62.1. The molecule has 0 aromatic carbocycles. The van der Waals surface area contributed by atoms with E-state index in [1.807, 2.05) is 6.08 Å². The van der Waals surface area contributed by atoms with Gasteiger partial charge < -0.3 is 14.2 Å². The molecule has 0 N–H and O–H groups in total. The summed E-state index contributed by atoms with van der Waals surface area (Å²) in [5.41, 5.74) is 0. The lowest BCUT2D eigenvalue weighted by atomic mass is 10.1. The Kier molecular flexibility index (Phi) is 59.4. The summed E-state index contributed by atoms with van der Waals surface area (Å²) in [5, 5.41) is 0. The van der Waals surface area contributed by atoms with Crippen molar-refractivity contribution >= 4 is 11.9 Å². The van der Waals surface area contributed by atoms with Crippen molar-refractivity contribution in [2.24, 2.45) is 0 Å². The van der Waals surface area contributed by atoms with Gasteiger partial charge in [-0.05, 0) is 109 Å². The molecule has 0 aromatic rings. The molecule has 0 spiro atoms. The van der Waals surface area contributed by atoms with Crippen LogP contribution < -0.4 is 0 Å². The number of unbranched alkanes of at least 4 members (excludes halogenated alkanes) is 29. The molecule has 1 unspecified atom stereocenters. The zero-order valence-electron chi connectivity index (χ0n) is 47.7. The molecule has 0 aliphatic rings. The third kappa shape index (κ3) is 59.4. The molecule has 0 aromatic heterocycles. The SMILES string of the molecule is CC/C=C\C/C=C\C/C=C\C/C=C\C/C=C\C/C=C\CCC(=O)OCC(COCCCCCCCCCCCC/C=C\CCCCCCCC)OC(=O)CCCCCCCCC/C=C\CCCCCCCC.